The molecule has 0 spiro atoms. The Hall–Kier alpha value is -3.29. The van der Waals surface area contributed by atoms with Crippen molar-refractivity contribution in [1.82, 2.24) is 0 Å². The van der Waals surface area contributed by atoms with Crippen molar-refractivity contribution in [2.24, 2.45) is 0 Å². The van der Waals surface area contributed by atoms with Gasteiger partial charge in [-0.1, -0.05) is 0 Å². The summed E-state index contributed by atoms with van der Waals surface area (Å²) in [5.74, 6) is 0.903. The fourth-order valence-corrected chi connectivity index (χ4v) is 2.51. The number of esters is 1. The summed E-state index contributed by atoms with van der Waals surface area (Å²) in [6, 6.07) is 8.92. The number of nitrogens with zero attached hydrogens (tertiary/aromatic N) is 1. The van der Waals surface area contributed by atoms with Crippen molar-refractivity contribution in [1.29, 1.82) is 0 Å². The van der Waals surface area contributed by atoms with Gasteiger partial charge in [0.25, 0.3) is 5.69 Å². The number of hydrogen-bond donors (Lipinski definition) is 0. The van der Waals surface area contributed by atoms with E-state index in [4.69, 9.17) is 18.9 Å². The van der Waals surface area contributed by atoms with E-state index in [1.54, 1.807) is 18.2 Å². The molecule has 1 heterocycles. The van der Waals surface area contributed by atoms with Gasteiger partial charge in [-0.2, -0.15) is 0 Å². The number of fused-ring (bicyclic) bond motifs is 1. The maximum absolute atomic E-state index is 12.3. The van der Waals surface area contributed by atoms with Crippen molar-refractivity contribution in [3.63, 3.8) is 0 Å². The van der Waals surface area contributed by atoms with Crippen molar-refractivity contribution < 1.29 is 28.7 Å². The summed E-state index contributed by atoms with van der Waals surface area (Å²) in [5.41, 5.74) is 0.607. The van der Waals surface area contributed by atoms with Gasteiger partial charge in [0.15, 0.2) is 11.5 Å². The van der Waals surface area contributed by atoms with Gasteiger partial charge in [0.05, 0.1) is 30.8 Å². The van der Waals surface area contributed by atoms with Crippen LogP contribution in [0, 0.1) is 10.1 Å². The van der Waals surface area contributed by atoms with Gasteiger partial charge in [0, 0.05) is 24.1 Å². The summed E-state index contributed by atoms with van der Waals surface area (Å²) in [6.07, 6.45) is 0.765. The first kappa shape index (κ1) is 17.5. The molecule has 26 heavy (non-hydrogen) atoms. The Balaban J connectivity index is 1.74. The lowest BCUT2D eigenvalue weighted by Crippen LogP contribution is -2.07. The third-order valence-electron chi connectivity index (χ3n) is 3.82. The van der Waals surface area contributed by atoms with Crippen LogP contribution in [-0.4, -0.2) is 31.2 Å². The second kappa shape index (κ2) is 7.73. The van der Waals surface area contributed by atoms with Crippen molar-refractivity contribution in [3.8, 4) is 17.2 Å². The third-order valence-corrected chi connectivity index (χ3v) is 3.82. The monoisotopic (exact) mass is 359 g/mol. The van der Waals surface area contributed by atoms with E-state index < -0.39 is 10.9 Å². The summed E-state index contributed by atoms with van der Waals surface area (Å²) in [5, 5.41) is 10.9. The highest BCUT2D eigenvalue weighted by Crippen LogP contribution is 2.31. The normalized spacial score (nSPS) is 12.8. The maximum atomic E-state index is 12.3. The number of nitro benzene ring substituents is 1. The van der Waals surface area contributed by atoms with Crippen molar-refractivity contribution >= 4 is 11.7 Å². The topological polar surface area (TPSA) is 97.1 Å². The van der Waals surface area contributed by atoms with Crippen LogP contribution >= 0.6 is 0 Å². The second-order valence-electron chi connectivity index (χ2n) is 5.54. The van der Waals surface area contributed by atoms with Gasteiger partial charge in [-0.3, -0.25) is 10.1 Å². The summed E-state index contributed by atoms with van der Waals surface area (Å²) < 4.78 is 21.5. The average Bonchev–Trinajstić information content (AvgIpc) is 2.90. The van der Waals surface area contributed by atoms with E-state index in [0.717, 1.165) is 6.42 Å². The summed E-state index contributed by atoms with van der Waals surface area (Å²) >= 11 is 0. The lowest BCUT2D eigenvalue weighted by molar-refractivity contribution is -0.385. The van der Waals surface area contributed by atoms with E-state index >= 15 is 0 Å². The molecule has 8 heteroatoms. The minimum absolute atomic E-state index is 0.104. The quantitative estimate of drug-likeness (QED) is 0.459. The standard InChI is InChI=1S/C18H17NO7/c1-23-15-6-4-14(19(21)22)9-13(15)11-26-18(20)12-3-5-16-17(10-12)25-8-2-7-24-16/h3-6,9-10H,2,7-8,11H2,1H3. The molecule has 2 aromatic rings. The maximum Gasteiger partial charge on any atom is 0.338 e. The number of hydrogen-bond acceptors (Lipinski definition) is 7. The zero-order valence-corrected chi connectivity index (χ0v) is 14.1. The Labute approximate surface area is 149 Å². The molecule has 8 nitrogen and oxygen atoms in total. The molecule has 3 rings (SSSR count). The molecule has 0 atom stereocenters. The number of ether oxygens (including phenoxy) is 4. The molecule has 0 aromatic heterocycles. The van der Waals surface area contributed by atoms with Gasteiger partial charge >= 0.3 is 5.97 Å². The molecule has 1 aliphatic rings. The van der Waals surface area contributed by atoms with Crippen LogP contribution in [-0.2, 0) is 11.3 Å². The number of carbonyl (C=O) groups is 1. The Morgan fingerprint density at radius 2 is 1.92 bits per heavy atom. The lowest BCUT2D eigenvalue weighted by atomic mass is 10.2. The van der Waals surface area contributed by atoms with Gasteiger partial charge < -0.3 is 18.9 Å². The van der Waals surface area contributed by atoms with E-state index in [9.17, 15) is 14.9 Å². The molecular weight excluding hydrogens is 342 g/mol. The van der Waals surface area contributed by atoms with E-state index in [0.29, 0.717) is 41.6 Å². The van der Waals surface area contributed by atoms with Crippen LogP contribution in [0.25, 0.3) is 0 Å². The van der Waals surface area contributed by atoms with Crippen LogP contribution in [0.15, 0.2) is 36.4 Å². The van der Waals surface area contributed by atoms with Crippen LogP contribution in [0.5, 0.6) is 17.2 Å². The summed E-state index contributed by atoms with van der Waals surface area (Å²) in [7, 11) is 1.44. The molecule has 0 aliphatic carbocycles. The van der Waals surface area contributed by atoms with Crippen molar-refractivity contribution in [2.75, 3.05) is 20.3 Å². The SMILES string of the molecule is COc1ccc([N+](=O)[O-])cc1COC(=O)c1ccc2c(c1)OCCCO2. The molecule has 0 N–H and O–H groups in total. The van der Waals surface area contributed by atoms with Gasteiger partial charge in [-0.15, -0.1) is 0 Å². The first-order valence-corrected chi connectivity index (χ1v) is 7.96. The highest BCUT2D eigenvalue weighted by atomic mass is 16.6. The van der Waals surface area contributed by atoms with Crippen LogP contribution in [0.3, 0.4) is 0 Å². The zero-order chi connectivity index (χ0) is 18.5. The zero-order valence-electron chi connectivity index (χ0n) is 14.1. The average molecular weight is 359 g/mol. The fraction of sp³-hybridized carbons (Fsp3) is 0.278. The third kappa shape index (κ3) is 3.85. The van der Waals surface area contributed by atoms with Gasteiger partial charge in [0.1, 0.15) is 12.4 Å². The van der Waals surface area contributed by atoms with E-state index in [1.807, 2.05) is 0 Å². The minimum atomic E-state index is -0.575. The largest absolute Gasteiger partial charge is 0.496 e. The first-order valence-electron chi connectivity index (χ1n) is 7.96. The van der Waals surface area contributed by atoms with Gasteiger partial charge in [-0.05, 0) is 24.3 Å². The highest BCUT2D eigenvalue weighted by molar-refractivity contribution is 5.90. The summed E-state index contributed by atoms with van der Waals surface area (Å²) in [4.78, 5) is 22.7. The van der Waals surface area contributed by atoms with E-state index in [-0.39, 0.29) is 12.3 Å². The van der Waals surface area contributed by atoms with Gasteiger partial charge in [0.2, 0.25) is 0 Å². The number of carbonyl (C=O) groups excluding carboxylic acids is 1. The predicted octanol–water partition coefficient (Wildman–Crippen LogP) is 3.12. The van der Waals surface area contributed by atoms with E-state index in [1.165, 1.54) is 25.3 Å². The Morgan fingerprint density at radius 1 is 1.15 bits per heavy atom. The molecule has 0 unspecified atom stereocenters. The molecule has 0 amide bonds. The van der Waals surface area contributed by atoms with Crippen LogP contribution < -0.4 is 14.2 Å². The summed E-state index contributed by atoms with van der Waals surface area (Å²) in [6.45, 7) is 0.915. The number of non-ortho nitro benzene ring substituents is 1. The number of methoxy groups -OCH3 is 1. The predicted molar refractivity (Wildman–Crippen MR) is 90.8 cm³/mol. The molecule has 0 radical (unpaired) electrons. The molecule has 0 fully saturated rings. The highest BCUT2D eigenvalue weighted by Gasteiger charge is 2.17. The second-order valence-corrected chi connectivity index (χ2v) is 5.54. The molecule has 0 saturated carbocycles. The molecule has 136 valence electrons. The van der Waals surface area contributed by atoms with Crippen LogP contribution in [0.2, 0.25) is 0 Å². The smallest absolute Gasteiger partial charge is 0.338 e. The molecule has 0 saturated heterocycles. The molecule has 0 bridgehead atoms. The van der Waals surface area contributed by atoms with Crippen molar-refractivity contribution in [3.05, 3.63) is 57.6 Å². The fourth-order valence-electron chi connectivity index (χ4n) is 2.51. The Kier molecular flexibility index (Phi) is 5.21. The molecule has 1 aliphatic heterocycles. The lowest BCUT2D eigenvalue weighted by Gasteiger charge is -2.11. The number of benzene rings is 2. The Bertz CT molecular complexity index is 834. The minimum Gasteiger partial charge on any atom is -0.496 e. The molecule has 2 aromatic carbocycles. The molecular formula is C18H17NO7. The first-order chi connectivity index (χ1) is 12.6. The van der Waals surface area contributed by atoms with Gasteiger partial charge in [-0.25, -0.2) is 4.79 Å². The van der Waals surface area contributed by atoms with Crippen molar-refractivity contribution in [2.45, 2.75) is 13.0 Å². The van der Waals surface area contributed by atoms with E-state index in [2.05, 4.69) is 0 Å². The van der Waals surface area contributed by atoms with Crippen LogP contribution in [0.4, 0.5) is 5.69 Å². The number of rotatable bonds is 5. The number of nitro groups is 1. The van der Waals surface area contributed by atoms with Crippen LogP contribution in [0.1, 0.15) is 22.3 Å². The Morgan fingerprint density at radius 3 is 2.65 bits per heavy atom.